The fourth-order valence-electron chi connectivity index (χ4n) is 3.58. The van der Waals surface area contributed by atoms with Crippen LogP contribution in [0.1, 0.15) is 149 Å². The summed E-state index contributed by atoms with van der Waals surface area (Å²) in [6.07, 6.45) is 30.5. The van der Waals surface area contributed by atoms with E-state index < -0.39 is 0 Å². The Morgan fingerprint density at radius 1 is 0.571 bits per heavy atom. The van der Waals surface area contributed by atoms with Crippen molar-refractivity contribution in [3.63, 3.8) is 0 Å². The second-order valence-corrected chi connectivity index (χ2v) is 8.41. The van der Waals surface area contributed by atoms with E-state index in [0.717, 1.165) is 19.3 Å². The number of carbonyl (C=O) groups excluding carboxylic acids is 1. The highest BCUT2D eigenvalue weighted by molar-refractivity contribution is 5.69. The highest BCUT2D eigenvalue weighted by Gasteiger charge is 2.00. The standard InChI is InChI=1S/C26H50O2/c1-3-5-7-9-10-11-12-13-14-15-16-17-18-19-21-23-25-28-26(27)24-22-20-8-6-4-2/h23,25H,3-22,24H2,1-2H3. The van der Waals surface area contributed by atoms with Crippen molar-refractivity contribution in [3.8, 4) is 0 Å². The van der Waals surface area contributed by atoms with Crippen molar-refractivity contribution in [2.75, 3.05) is 0 Å². The van der Waals surface area contributed by atoms with Gasteiger partial charge >= 0.3 is 5.97 Å². The molecule has 0 atom stereocenters. The third-order valence-electron chi connectivity index (χ3n) is 5.50. The van der Waals surface area contributed by atoms with Gasteiger partial charge in [0, 0.05) is 6.42 Å². The van der Waals surface area contributed by atoms with Crippen LogP contribution >= 0.6 is 0 Å². The Balaban J connectivity index is 3.18. The Morgan fingerprint density at radius 3 is 1.43 bits per heavy atom. The Bertz CT molecular complexity index is 335. The first-order valence-electron chi connectivity index (χ1n) is 12.7. The molecule has 2 heteroatoms. The van der Waals surface area contributed by atoms with E-state index in [9.17, 15) is 4.79 Å². The Kier molecular flexibility index (Phi) is 23.6. The molecule has 0 aromatic rings. The van der Waals surface area contributed by atoms with Crippen LogP contribution in [0.4, 0.5) is 0 Å². The molecule has 0 fully saturated rings. The lowest BCUT2D eigenvalue weighted by Gasteiger charge is -2.03. The van der Waals surface area contributed by atoms with Crippen molar-refractivity contribution in [2.45, 2.75) is 149 Å². The largest absolute Gasteiger partial charge is 0.435 e. The summed E-state index contributed by atoms with van der Waals surface area (Å²) in [6, 6.07) is 0. The van der Waals surface area contributed by atoms with E-state index in [0.29, 0.717) is 6.42 Å². The highest BCUT2D eigenvalue weighted by Crippen LogP contribution is 2.13. The van der Waals surface area contributed by atoms with E-state index >= 15 is 0 Å². The minimum Gasteiger partial charge on any atom is -0.435 e. The van der Waals surface area contributed by atoms with Crippen LogP contribution in [0.2, 0.25) is 0 Å². The molecule has 0 heterocycles. The van der Waals surface area contributed by atoms with Crippen LogP contribution in [0.5, 0.6) is 0 Å². The average molecular weight is 395 g/mol. The van der Waals surface area contributed by atoms with Crippen LogP contribution in [0.3, 0.4) is 0 Å². The number of unbranched alkanes of at least 4 members (excludes halogenated alkanes) is 18. The van der Waals surface area contributed by atoms with Gasteiger partial charge in [-0.05, 0) is 25.3 Å². The summed E-state index contributed by atoms with van der Waals surface area (Å²) in [5, 5.41) is 0. The van der Waals surface area contributed by atoms with Gasteiger partial charge in [0.05, 0.1) is 6.26 Å². The molecular weight excluding hydrogens is 344 g/mol. The van der Waals surface area contributed by atoms with E-state index in [-0.39, 0.29) is 5.97 Å². The monoisotopic (exact) mass is 394 g/mol. The van der Waals surface area contributed by atoms with Crippen molar-refractivity contribution in [1.29, 1.82) is 0 Å². The maximum Gasteiger partial charge on any atom is 0.310 e. The lowest BCUT2D eigenvalue weighted by molar-refractivity contribution is -0.138. The summed E-state index contributed by atoms with van der Waals surface area (Å²) in [5.41, 5.74) is 0. The van der Waals surface area contributed by atoms with Crippen LogP contribution < -0.4 is 0 Å². The number of carbonyl (C=O) groups is 1. The number of hydrogen-bond acceptors (Lipinski definition) is 2. The van der Waals surface area contributed by atoms with Gasteiger partial charge in [-0.15, -0.1) is 0 Å². The summed E-state index contributed by atoms with van der Waals surface area (Å²) < 4.78 is 5.15. The summed E-state index contributed by atoms with van der Waals surface area (Å²) in [7, 11) is 0. The molecule has 0 bridgehead atoms. The van der Waals surface area contributed by atoms with Crippen molar-refractivity contribution in [3.05, 3.63) is 12.3 Å². The van der Waals surface area contributed by atoms with Crippen LogP contribution in [-0.2, 0) is 9.53 Å². The normalized spacial score (nSPS) is 11.4. The highest BCUT2D eigenvalue weighted by atomic mass is 16.5. The first-order valence-corrected chi connectivity index (χ1v) is 12.7. The molecule has 0 unspecified atom stereocenters. The molecule has 0 aliphatic heterocycles. The molecule has 0 N–H and O–H groups in total. The maximum atomic E-state index is 11.6. The molecule has 0 rings (SSSR count). The SMILES string of the molecule is CCCCCCCCCCCCCCCCC=COC(=O)CCCCCCC. The van der Waals surface area contributed by atoms with Gasteiger partial charge in [0.2, 0.25) is 0 Å². The van der Waals surface area contributed by atoms with E-state index in [2.05, 4.69) is 13.8 Å². The van der Waals surface area contributed by atoms with Gasteiger partial charge in [0.25, 0.3) is 0 Å². The lowest BCUT2D eigenvalue weighted by atomic mass is 10.0. The fraction of sp³-hybridized carbons (Fsp3) is 0.885. The molecule has 166 valence electrons. The van der Waals surface area contributed by atoms with Gasteiger partial charge < -0.3 is 4.74 Å². The van der Waals surface area contributed by atoms with Crippen LogP contribution in [0.15, 0.2) is 12.3 Å². The van der Waals surface area contributed by atoms with Gasteiger partial charge in [-0.2, -0.15) is 0 Å². The molecule has 0 aliphatic carbocycles. The maximum absolute atomic E-state index is 11.6. The summed E-state index contributed by atoms with van der Waals surface area (Å²) in [4.78, 5) is 11.6. The predicted molar refractivity (Wildman–Crippen MR) is 124 cm³/mol. The minimum atomic E-state index is -0.0753. The van der Waals surface area contributed by atoms with Crippen molar-refractivity contribution in [2.24, 2.45) is 0 Å². The predicted octanol–water partition coefficient (Wildman–Crippen LogP) is 9.28. The Morgan fingerprint density at radius 2 is 0.964 bits per heavy atom. The summed E-state index contributed by atoms with van der Waals surface area (Å²) in [5.74, 6) is -0.0753. The molecular formula is C26H50O2. The quantitative estimate of drug-likeness (QED) is 0.104. The van der Waals surface area contributed by atoms with Crippen molar-refractivity contribution in [1.82, 2.24) is 0 Å². The molecule has 0 aromatic heterocycles. The molecule has 28 heavy (non-hydrogen) atoms. The molecule has 0 saturated carbocycles. The second kappa shape index (κ2) is 24.2. The Hall–Kier alpha value is -0.790. The zero-order valence-corrected chi connectivity index (χ0v) is 19.3. The minimum absolute atomic E-state index is 0.0753. The third kappa shape index (κ3) is 23.2. The van der Waals surface area contributed by atoms with E-state index in [1.165, 1.54) is 109 Å². The molecule has 2 nitrogen and oxygen atoms in total. The van der Waals surface area contributed by atoms with E-state index in [4.69, 9.17) is 4.74 Å². The number of rotatable bonds is 22. The molecule has 0 aromatic carbocycles. The molecule has 0 aliphatic rings. The summed E-state index contributed by atoms with van der Waals surface area (Å²) in [6.45, 7) is 4.49. The lowest BCUT2D eigenvalue weighted by Crippen LogP contribution is -1.98. The molecule has 0 amide bonds. The Labute approximate surface area is 176 Å². The number of hydrogen-bond donors (Lipinski definition) is 0. The first kappa shape index (κ1) is 27.2. The van der Waals surface area contributed by atoms with E-state index in [1.807, 2.05) is 6.08 Å². The first-order chi connectivity index (χ1) is 13.8. The van der Waals surface area contributed by atoms with Gasteiger partial charge in [-0.3, -0.25) is 4.79 Å². The van der Waals surface area contributed by atoms with Crippen LogP contribution in [0, 0.1) is 0 Å². The van der Waals surface area contributed by atoms with Gasteiger partial charge in [0.15, 0.2) is 0 Å². The summed E-state index contributed by atoms with van der Waals surface area (Å²) >= 11 is 0. The third-order valence-corrected chi connectivity index (χ3v) is 5.50. The number of allylic oxidation sites excluding steroid dienone is 1. The molecule has 0 spiro atoms. The van der Waals surface area contributed by atoms with Crippen molar-refractivity contribution < 1.29 is 9.53 Å². The van der Waals surface area contributed by atoms with Gasteiger partial charge in [-0.1, -0.05) is 123 Å². The number of esters is 1. The van der Waals surface area contributed by atoms with Gasteiger partial charge in [0.1, 0.15) is 0 Å². The topological polar surface area (TPSA) is 26.3 Å². The smallest absolute Gasteiger partial charge is 0.310 e. The molecule has 0 saturated heterocycles. The average Bonchev–Trinajstić information content (AvgIpc) is 2.70. The zero-order chi connectivity index (χ0) is 20.5. The zero-order valence-electron chi connectivity index (χ0n) is 19.3. The molecule has 0 radical (unpaired) electrons. The van der Waals surface area contributed by atoms with Crippen LogP contribution in [0.25, 0.3) is 0 Å². The van der Waals surface area contributed by atoms with Crippen LogP contribution in [-0.4, -0.2) is 5.97 Å². The number of ether oxygens (including phenoxy) is 1. The fourth-order valence-corrected chi connectivity index (χ4v) is 3.58. The van der Waals surface area contributed by atoms with Crippen molar-refractivity contribution >= 4 is 5.97 Å². The van der Waals surface area contributed by atoms with E-state index in [1.54, 1.807) is 6.26 Å². The van der Waals surface area contributed by atoms with Gasteiger partial charge in [-0.25, -0.2) is 0 Å². The second-order valence-electron chi connectivity index (χ2n) is 8.41.